The molecular formula is C11H10FN5. The summed E-state index contributed by atoms with van der Waals surface area (Å²) in [5.41, 5.74) is 6.18. The molecule has 1 aromatic carbocycles. The van der Waals surface area contributed by atoms with Crippen molar-refractivity contribution in [3.63, 3.8) is 0 Å². The summed E-state index contributed by atoms with van der Waals surface area (Å²) in [6.45, 7) is 0. The second kappa shape index (κ2) is 4.14. The van der Waals surface area contributed by atoms with E-state index in [2.05, 4.69) is 10.4 Å². The molecule has 1 aromatic heterocycles. The van der Waals surface area contributed by atoms with Crippen molar-refractivity contribution in [3.05, 3.63) is 35.6 Å². The highest BCUT2D eigenvalue weighted by molar-refractivity contribution is 5.65. The first-order valence-electron chi connectivity index (χ1n) is 4.90. The Bertz CT molecular complexity index is 596. The van der Waals surface area contributed by atoms with Crippen molar-refractivity contribution in [2.45, 2.75) is 0 Å². The zero-order chi connectivity index (χ0) is 12.4. The summed E-state index contributed by atoms with van der Waals surface area (Å²) in [5.74, 6) is -0.0101. The first kappa shape index (κ1) is 11.0. The van der Waals surface area contributed by atoms with Gasteiger partial charge in [-0.3, -0.25) is 0 Å². The van der Waals surface area contributed by atoms with Gasteiger partial charge >= 0.3 is 0 Å². The molecule has 0 fully saturated rings. The molecule has 0 saturated carbocycles. The Balaban J connectivity index is 2.66. The molecule has 3 N–H and O–H groups in total. The maximum absolute atomic E-state index is 13.6. The number of para-hydroxylation sites is 1. The number of nitrogens with two attached hydrogens (primary N) is 1. The molecule has 0 aliphatic carbocycles. The third kappa shape index (κ3) is 1.67. The van der Waals surface area contributed by atoms with Crippen LogP contribution >= 0.6 is 0 Å². The van der Waals surface area contributed by atoms with Crippen molar-refractivity contribution in [2.24, 2.45) is 0 Å². The molecule has 2 aromatic rings. The molecule has 0 radical (unpaired) electrons. The van der Waals surface area contributed by atoms with Gasteiger partial charge in [0.2, 0.25) is 0 Å². The number of nitrogens with one attached hydrogen (secondary N) is 1. The van der Waals surface area contributed by atoms with Crippen molar-refractivity contribution in [1.82, 2.24) is 9.78 Å². The molecule has 0 atom stereocenters. The van der Waals surface area contributed by atoms with Crippen LogP contribution in [-0.2, 0) is 0 Å². The fraction of sp³-hybridized carbons (Fsp3) is 0.0909. The fourth-order valence-corrected chi connectivity index (χ4v) is 1.52. The SMILES string of the molecule is CNc1nn(-c2ccccc2F)c(N)c1C#N. The topological polar surface area (TPSA) is 79.7 Å². The average Bonchev–Trinajstić information content (AvgIpc) is 2.66. The van der Waals surface area contributed by atoms with E-state index >= 15 is 0 Å². The molecular weight excluding hydrogens is 221 g/mol. The van der Waals surface area contributed by atoms with Crippen molar-refractivity contribution in [2.75, 3.05) is 18.1 Å². The van der Waals surface area contributed by atoms with E-state index in [1.807, 2.05) is 6.07 Å². The number of benzene rings is 1. The lowest BCUT2D eigenvalue weighted by Crippen LogP contribution is -2.04. The maximum Gasteiger partial charge on any atom is 0.168 e. The summed E-state index contributed by atoms with van der Waals surface area (Å²) in [7, 11) is 1.62. The number of halogens is 1. The number of nitriles is 1. The van der Waals surface area contributed by atoms with Crippen LogP contribution in [0.25, 0.3) is 5.69 Å². The quantitative estimate of drug-likeness (QED) is 0.820. The Morgan fingerprint density at radius 1 is 1.47 bits per heavy atom. The van der Waals surface area contributed by atoms with E-state index in [1.165, 1.54) is 10.7 Å². The van der Waals surface area contributed by atoms with E-state index < -0.39 is 5.82 Å². The minimum Gasteiger partial charge on any atom is -0.382 e. The maximum atomic E-state index is 13.6. The van der Waals surface area contributed by atoms with Gasteiger partial charge in [-0.2, -0.15) is 5.26 Å². The Hall–Kier alpha value is -2.55. The van der Waals surface area contributed by atoms with E-state index in [1.54, 1.807) is 25.2 Å². The van der Waals surface area contributed by atoms with Crippen LogP contribution in [0.4, 0.5) is 16.0 Å². The molecule has 17 heavy (non-hydrogen) atoms. The largest absolute Gasteiger partial charge is 0.382 e. The van der Waals surface area contributed by atoms with E-state index in [-0.39, 0.29) is 17.1 Å². The van der Waals surface area contributed by atoms with Crippen molar-refractivity contribution in [3.8, 4) is 11.8 Å². The van der Waals surface area contributed by atoms with Gasteiger partial charge in [0.05, 0.1) is 0 Å². The third-order valence-corrected chi connectivity index (χ3v) is 2.35. The Kier molecular flexibility index (Phi) is 2.66. The zero-order valence-electron chi connectivity index (χ0n) is 9.11. The Labute approximate surface area is 97.3 Å². The van der Waals surface area contributed by atoms with Gasteiger partial charge in [0, 0.05) is 7.05 Å². The van der Waals surface area contributed by atoms with Crippen molar-refractivity contribution >= 4 is 11.6 Å². The fourth-order valence-electron chi connectivity index (χ4n) is 1.52. The van der Waals surface area contributed by atoms with Crippen LogP contribution in [0.1, 0.15) is 5.56 Å². The smallest absolute Gasteiger partial charge is 0.168 e. The summed E-state index contributed by atoms with van der Waals surface area (Å²) in [5, 5.41) is 15.7. The zero-order valence-corrected chi connectivity index (χ0v) is 9.11. The molecule has 0 saturated heterocycles. The highest BCUT2D eigenvalue weighted by atomic mass is 19.1. The lowest BCUT2D eigenvalue weighted by atomic mass is 10.3. The molecule has 0 aliphatic rings. The van der Waals surface area contributed by atoms with Crippen LogP contribution in [0.15, 0.2) is 24.3 Å². The third-order valence-electron chi connectivity index (χ3n) is 2.35. The minimum absolute atomic E-state index is 0.113. The van der Waals surface area contributed by atoms with Gasteiger partial charge in [0.25, 0.3) is 0 Å². The van der Waals surface area contributed by atoms with Crippen LogP contribution in [-0.4, -0.2) is 16.8 Å². The number of hydrogen-bond donors (Lipinski definition) is 2. The molecule has 5 nitrogen and oxygen atoms in total. The first-order valence-corrected chi connectivity index (χ1v) is 4.90. The van der Waals surface area contributed by atoms with Crippen LogP contribution in [0.2, 0.25) is 0 Å². The number of anilines is 2. The standard InChI is InChI=1S/C11H10FN5/c1-15-11-7(6-13)10(14)17(16-11)9-5-3-2-4-8(9)12/h2-5H,14H2,1H3,(H,15,16). The minimum atomic E-state index is -0.450. The predicted molar refractivity (Wildman–Crippen MR) is 62.2 cm³/mol. The Morgan fingerprint density at radius 3 is 2.71 bits per heavy atom. The van der Waals surface area contributed by atoms with Gasteiger partial charge in [-0.05, 0) is 12.1 Å². The van der Waals surface area contributed by atoms with Gasteiger partial charge < -0.3 is 11.1 Å². The van der Waals surface area contributed by atoms with Gasteiger partial charge in [0.15, 0.2) is 5.82 Å². The molecule has 6 heteroatoms. The van der Waals surface area contributed by atoms with E-state index in [0.717, 1.165) is 0 Å². The molecule has 86 valence electrons. The van der Waals surface area contributed by atoms with Crippen LogP contribution in [0.3, 0.4) is 0 Å². The van der Waals surface area contributed by atoms with E-state index in [9.17, 15) is 4.39 Å². The number of rotatable bonds is 2. The van der Waals surface area contributed by atoms with Crippen molar-refractivity contribution in [1.29, 1.82) is 5.26 Å². The van der Waals surface area contributed by atoms with Gasteiger partial charge in [-0.1, -0.05) is 12.1 Å². The van der Waals surface area contributed by atoms with E-state index in [4.69, 9.17) is 11.0 Å². The lowest BCUT2D eigenvalue weighted by Gasteiger charge is -2.04. The highest BCUT2D eigenvalue weighted by Crippen LogP contribution is 2.24. The summed E-state index contributed by atoms with van der Waals surface area (Å²) in [6, 6.07) is 8.02. The number of hydrogen-bond acceptors (Lipinski definition) is 4. The summed E-state index contributed by atoms with van der Waals surface area (Å²) >= 11 is 0. The van der Waals surface area contributed by atoms with Gasteiger partial charge in [-0.25, -0.2) is 9.07 Å². The molecule has 2 rings (SSSR count). The van der Waals surface area contributed by atoms with Gasteiger partial charge in [0.1, 0.15) is 29.0 Å². The summed E-state index contributed by atoms with van der Waals surface area (Å²) < 4.78 is 14.8. The second-order valence-electron chi connectivity index (χ2n) is 3.33. The summed E-state index contributed by atoms with van der Waals surface area (Å²) in [6.07, 6.45) is 0. The molecule has 0 aliphatic heterocycles. The molecule has 0 bridgehead atoms. The van der Waals surface area contributed by atoms with E-state index in [0.29, 0.717) is 5.82 Å². The average molecular weight is 231 g/mol. The molecule has 0 spiro atoms. The number of nitrogen functional groups attached to an aromatic ring is 1. The first-order chi connectivity index (χ1) is 8.19. The van der Waals surface area contributed by atoms with Gasteiger partial charge in [-0.15, -0.1) is 5.10 Å². The number of aromatic nitrogens is 2. The predicted octanol–water partition coefficient (Wildman–Crippen LogP) is 1.51. The molecule has 0 unspecified atom stereocenters. The van der Waals surface area contributed by atoms with Crippen LogP contribution in [0.5, 0.6) is 0 Å². The highest BCUT2D eigenvalue weighted by Gasteiger charge is 2.17. The lowest BCUT2D eigenvalue weighted by molar-refractivity contribution is 0.612. The molecule has 0 amide bonds. The van der Waals surface area contributed by atoms with Crippen LogP contribution < -0.4 is 11.1 Å². The monoisotopic (exact) mass is 231 g/mol. The second-order valence-corrected chi connectivity index (χ2v) is 3.33. The van der Waals surface area contributed by atoms with Crippen molar-refractivity contribution < 1.29 is 4.39 Å². The number of nitrogens with zero attached hydrogens (tertiary/aromatic N) is 3. The normalized spacial score (nSPS) is 9.94. The molecule has 1 heterocycles. The summed E-state index contributed by atoms with van der Waals surface area (Å²) in [4.78, 5) is 0. The van der Waals surface area contributed by atoms with Crippen LogP contribution in [0, 0.1) is 17.1 Å². The Morgan fingerprint density at radius 2 is 2.18 bits per heavy atom.